The van der Waals surface area contributed by atoms with Crippen molar-refractivity contribution in [2.24, 2.45) is 0 Å². The lowest BCUT2D eigenvalue weighted by Crippen LogP contribution is -2.14. The van der Waals surface area contributed by atoms with Crippen molar-refractivity contribution in [3.05, 3.63) is 46.5 Å². The number of nitrogens with zero attached hydrogens (tertiary/aromatic N) is 3. The van der Waals surface area contributed by atoms with E-state index in [1.807, 2.05) is 30.5 Å². The van der Waals surface area contributed by atoms with Crippen LogP contribution in [0.3, 0.4) is 0 Å². The van der Waals surface area contributed by atoms with Crippen molar-refractivity contribution in [1.29, 1.82) is 0 Å². The van der Waals surface area contributed by atoms with Crippen LogP contribution in [0.25, 0.3) is 0 Å². The normalized spacial score (nSPS) is 10.4. The molecule has 0 aliphatic carbocycles. The third kappa shape index (κ3) is 3.86. The van der Waals surface area contributed by atoms with Gasteiger partial charge in [-0.15, -0.1) is 22.7 Å². The van der Waals surface area contributed by atoms with E-state index in [9.17, 15) is 4.79 Å². The largest absolute Gasteiger partial charge is 0.316 e. The molecule has 0 aromatic carbocycles. The topological polar surface area (TPSA) is 79.8 Å². The number of hydrogen-bond acceptors (Lipinski definition) is 7. The second-order valence-corrected chi connectivity index (χ2v) is 6.58. The molecule has 0 saturated heterocycles. The van der Waals surface area contributed by atoms with E-state index in [1.165, 1.54) is 22.7 Å². The predicted molar refractivity (Wildman–Crippen MR) is 88.8 cm³/mol. The Morgan fingerprint density at radius 1 is 1.27 bits per heavy atom. The number of carbonyl (C=O) groups excluding carboxylic acids is 1. The summed E-state index contributed by atoms with van der Waals surface area (Å²) in [6.45, 7) is 1.95. The minimum Gasteiger partial charge on any atom is -0.316 e. The SMILES string of the molecule is Cc1cnc(NC(=O)Cc2csc(Nc3ccccn3)n2)s1. The molecule has 2 N–H and O–H groups in total. The molecule has 6 nitrogen and oxygen atoms in total. The summed E-state index contributed by atoms with van der Waals surface area (Å²) in [5, 5.41) is 9.06. The fourth-order valence-electron chi connectivity index (χ4n) is 1.73. The highest BCUT2D eigenvalue weighted by Crippen LogP contribution is 2.20. The van der Waals surface area contributed by atoms with E-state index < -0.39 is 0 Å². The molecule has 1 amide bonds. The van der Waals surface area contributed by atoms with Gasteiger partial charge in [-0.2, -0.15) is 0 Å². The fraction of sp³-hybridized carbons (Fsp3) is 0.143. The first-order chi connectivity index (χ1) is 10.7. The average molecular weight is 331 g/mol. The standard InChI is InChI=1S/C14H13N5OS2/c1-9-7-16-13(22-9)19-12(20)6-10-8-21-14(17-10)18-11-4-2-3-5-15-11/h2-5,7-8H,6H2,1H3,(H,15,17,18)(H,16,19,20). The maximum absolute atomic E-state index is 11.9. The Kier molecular flexibility index (Phi) is 4.40. The molecule has 8 heteroatoms. The molecule has 3 aromatic heterocycles. The van der Waals surface area contributed by atoms with E-state index in [4.69, 9.17) is 0 Å². The van der Waals surface area contributed by atoms with Gasteiger partial charge in [0.15, 0.2) is 10.3 Å². The quantitative estimate of drug-likeness (QED) is 0.750. The minimum absolute atomic E-state index is 0.121. The van der Waals surface area contributed by atoms with Crippen LogP contribution in [-0.2, 0) is 11.2 Å². The lowest BCUT2D eigenvalue weighted by molar-refractivity contribution is -0.115. The molecule has 112 valence electrons. The second kappa shape index (κ2) is 6.63. The summed E-state index contributed by atoms with van der Waals surface area (Å²) >= 11 is 2.89. The molecule has 22 heavy (non-hydrogen) atoms. The number of aromatic nitrogens is 3. The van der Waals surface area contributed by atoms with E-state index >= 15 is 0 Å². The molecule has 0 aliphatic heterocycles. The third-order valence-corrected chi connectivity index (χ3v) is 4.30. The van der Waals surface area contributed by atoms with Gasteiger partial charge < -0.3 is 10.6 Å². The van der Waals surface area contributed by atoms with Crippen LogP contribution in [0.1, 0.15) is 10.6 Å². The summed E-state index contributed by atoms with van der Waals surface area (Å²) < 4.78 is 0. The van der Waals surface area contributed by atoms with Gasteiger partial charge in [-0.1, -0.05) is 6.07 Å². The number of hydrogen-bond donors (Lipinski definition) is 2. The summed E-state index contributed by atoms with van der Waals surface area (Å²) in [6.07, 6.45) is 3.66. The van der Waals surface area contributed by atoms with Gasteiger partial charge in [-0.05, 0) is 19.1 Å². The summed E-state index contributed by atoms with van der Waals surface area (Å²) in [4.78, 5) is 25.7. The van der Waals surface area contributed by atoms with Crippen molar-refractivity contribution < 1.29 is 4.79 Å². The van der Waals surface area contributed by atoms with Crippen molar-refractivity contribution in [1.82, 2.24) is 15.0 Å². The van der Waals surface area contributed by atoms with E-state index in [2.05, 4.69) is 25.6 Å². The molecule has 0 aliphatic rings. The number of anilines is 3. The number of amides is 1. The van der Waals surface area contributed by atoms with Crippen LogP contribution in [0, 0.1) is 6.92 Å². The van der Waals surface area contributed by atoms with Gasteiger partial charge in [-0.3, -0.25) is 4.79 Å². The first kappa shape index (κ1) is 14.6. The highest BCUT2D eigenvalue weighted by molar-refractivity contribution is 7.15. The van der Waals surface area contributed by atoms with E-state index in [1.54, 1.807) is 12.4 Å². The molecule has 0 radical (unpaired) electrons. The highest BCUT2D eigenvalue weighted by atomic mass is 32.1. The predicted octanol–water partition coefficient (Wildman–Crippen LogP) is 3.23. The molecule has 0 spiro atoms. The maximum atomic E-state index is 11.9. The Morgan fingerprint density at radius 2 is 2.18 bits per heavy atom. The van der Waals surface area contributed by atoms with Crippen LogP contribution >= 0.6 is 22.7 Å². The molecule has 0 saturated carbocycles. The number of thiazole rings is 2. The zero-order valence-corrected chi connectivity index (χ0v) is 13.4. The van der Waals surface area contributed by atoms with Crippen molar-refractivity contribution in [2.75, 3.05) is 10.6 Å². The van der Waals surface area contributed by atoms with Crippen LogP contribution in [0.15, 0.2) is 36.0 Å². The molecule has 0 unspecified atom stereocenters. The maximum Gasteiger partial charge on any atom is 0.232 e. The summed E-state index contributed by atoms with van der Waals surface area (Å²) in [7, 11) is 0. The Bertz CT molecular complexity index is 768. The van der Waals surface area contributed by atoms with Gasteiger partial charge in [0.1, 0.15) is 5.82 Å². The zero-order chi connectivity index (χ0) is 15.4. The highest BCUT2D eigenvalue weighted by Gasteiger charge is 2.10. The molecule has 0 bridgehead atoms. The van der Waals surface area contributed by atoms with E-state index in [-0.39, 0.29) is 12.3 Å². The van der Waals surface area contributed by atoms with Crippen LogP contribution in [0.2, 0.25) is 0 Å². The number of carbonyl (C=O) groups is 1. The van der Waals surface area contributed by atoms with Gasteiger partial charge in [0.05, 0.1) is 12.1 Å². The number of nitrogens with one attached hydrogen (secondary N) is 2. The molecular formula is C14H13N5OS2. The number of aryl methyl sites for hydroxylation is 1. The Morgan fingerprint density at radius 3 is 2.91 bits per heavy atom. The monoisotopic (exact) mass is 331 g/mol. The van der Waals surface area contributed by atoms with Gasteiger partial charge in [-0.25, -0.2) is 15.0 Å². The second-order valence-electron chi connectivity index (χ2n) is 4.48. The van der Waals surface area contributed by atoms with Gasteiger partial charge >= 0.3 is 0 Å². The Balaban J connectivity index is 1.58. The Labute approximate surface area is 135 Å². The van der Waals surface area contributed by atoms with Crippen LogP contribution < -0.4 is 10.6 Å². The molecule has 3 rings (SSSR count). The molecule has 0 fully saturated rings. The van der Waals surface area contributed by atoms with Crippen molar-refractivity contribution in [3.8, 4) is 0 Å². The number of rotatable bonds is 5. The summed E-state index contributed by atoms with van der Waals surface area (Å²) in [5.74, 6) is 0.607. The van der Waals surface area contributed by atoms with Crippen molar-refractivity contribution >= 4 is 44.7 Å². The summed E-state index contributed by atoms with van der Waals surface area (Å²) in [6, 6.07) is 5.61. The average Bonchev–Trinajstić information content (AvgIpc) is 3.09. The third-order valence-electron chi connectivity index (χ3n) is 2.66. The van der Waals surface area contributed by atoms with E-state index in [0.29, 0.717) is 16.0 Å². The van der Waals surface area contributed by atoms with Crippen LogP contribution in [-0.4, -0.2) is 20.9 Å². The van der Waals surface area contributed by atoms with Gasteiger partial charge in [0, 0.05) is 22.7 Å². The Hall–Kier alpha value is -2.32. The lowest BCUT2D eigenvalue weighted by atomic mass is 10.3. The van der Waals surface area contributed by atoms with Crippen molar-refractivity contribution in [2.45, 2.75) is 13.3 Å². The van der Waals surface area contributed by atoms with Crippen LogP contribution in [0.4, 0.5) is 16.1 Å². The van der Waals surface area contributed by atoms with Gasteiger partial charge in [0.2, 0.25) is 5.91 Å². The molecule has 0 atom stereocenters. The summed E-state index contributed by atoms with van der Waals surface area (Å²) in [5.41, 5.74) is 0.717. The fourth-order valence-corrected chi connectivity index (χ4v) is 3.13. The molecule has 3 aromatic rings. The number of pyridine rings is 1. The van der Waals surface area contributed by atoms with Crippen LogP contribution in [0.5, 0.6) is 0 Å². The zero-order valence-electron chi connectivity index (χ0n) is 11.7. The first-order valence-corrected chi connectivity index (χ1v) is 8.23. The van der Waals surface area contributed by atoms with E-state index in [0.717, 1.165) is 10.7 Å². The lowest BCUT2D eigenvalue weighted by Gasteiger charge is -2.00. The smallest absolute Gasteiger partial charge is 0.232 e. The van der Waals surface area contributed by atoms with Gasteiger partial charge in [0.25, 0.3) is 0 Å². The minimum atomic E-state index is -0.121. The molecular weight excluding hydrogens is 318 g/mol. The molecule has 3 heterocycles. The first-order valence-electron chi connectivity index (χ1n) is 6.54. The van der Waals surface area contributed by atoms with Crippen molar-refractivity contribution in [3.63, 3.8) is 0 Å².